The van der Waals surface area contributed by atoms with Gasteiger partial charge >= 0.3 is 5.97 Å². The molecular formula is C10H16O3. The first kappa shape index (κ1) is 10.1. The van der Waals surface area contributed by atoms with Crippen LogP contribution in [0.15, 0.2) is 11.8 Å². The van der Waals surface area contributed by atoms with Crippen molar-refractivity contribution >= 4 is 5.97 Å². The molecule has 1 rings (SSSR count). The minimum absolute atomic E-state index is 0.104. The number of carboxylic acid groups (broad SMARTS) is 1. The van der Waals surface area contributed by atoms with Gasteiger partial charge in [0, 0.05) is 5.41 Å². The third-order valence-electron chi connectivity index (χ3n) is 2.20. The minimum Gasteiger partial charge on any atom is -0.496 e. The molecule has 1 unspecified atom stereocenters. The lowest BCUT2D eigenvalue weighted by molar-refractivity contribution is -0.146. The molecule has 0 spiro atoms. The highest BCUT2D eigenvalue weighted by molar-refractivity contribution is 5.77. The van der Waals surface area contributed by atoms with Gasteiger partial charge in [0.2, 0.25) is 0 Å². The summed E-state index contributed by atoms with van der Waals surface area (Å²) in [5.41, 5.74) is -0.949. The fraction of sp³-hybridized carbons (Fsp3) is 0.700. The molecule has 1 N–H and O–H groups in total. The van der Waals surface area contributed by atoms with Crippen molar-refractivity contribution < 1.29 is 14.6 Å². The van der Waals surface area contributed by atoms with Crippen LogP contribution in [0.2, 0.25) is 0 Å². The molecule has 13 heavy (non-hydrogen) atoms. The number of allylic oxidation sites excluding steroid dienone is 1. The summed E-state index contributed by atoms with van der Waals surface area (Å²) in [6.45, 7) is 7.94. The number of rotatable bonds is 1. The monoisotopic (exact) mass is 184 g/mol. The first-order chi connectivity index (χ1) is 5.76. The Morgan fingerprint density at radius 2 is 2.15 bits per heavy atom. The lowest BCUT2D eigenvalue weighted by Crippen LogP contribution is -2.26. The SMILES string of the molecule is CC(C)(C)C1=CC(C)(C(=O)O)CO1. The predicted molar refractivity (Wildman–Crippen MR) is 49.2 cm³/mol. The van der Waals surface area contributed by atoms with Crippen molar-refractivity contribution in [2.75, 3.05) is 6.61 Å². The average molecular weight is 184 g/mol. The van der Waals surface area contributed by atoms with E-state index in [1.807, 2.05) is 20.8 Å². The van der Waals surface area contributed by atoms with E-state index in [2.05, 4.69) is 0 Å². The molecule has 0 aromatic heterocycles. The zero-order valence-corrected chi connectivity index (χ0v) is 8.55. The van der Waals surface area contributed by atoms with E-state index in [-0.39, 0.29) is 12.0 Å². The van der Waals surface area contributed by atoms with Crippen LogP contribution in [0.5, 0.6) is 0 Å². The molecule has 0 aromatic carbocycles. The zero-order chi connectivity index (χ0) is 10.3. The summed E-state index contributed by atoms with van der Waals surface area (Å²) in [5.74, 6) is -0.0517. The standard InChI is InChI=1S/C10H16O3/c1-9(2,3)7-5-10(4,6-13-7)8(11)12/h5H,6H2,1-4H3,(H,11,12). The van der Waals surface area contributed by atoms with Crippen molar-refractivity contribution in [1.29, 1.82) is 0 Å². The van der Waals surface area contributed by atoms with Crippen LogP contribution in [0.4, 0.5) is 0 Å². The summed E-state index contributed by atoms with van der Waals surface area (Å²) in [4.78, 5) is 10.9. The molecule has 0 amide bonds. The van der Waals surface area contributed by atoms with E-state index in [0.29, 0.717) is 0 Å². The fourth-order valence-corrected chi connectivity index (χ4v) is 1.16. The van der Waals surface area contributed by atoms with Gasteiger partial charge < -0.3 is 9.84 Å². The smallest absolute Gasteiger partial charge is 0.316 e. The van der Waals surface area contributed by atoms with Crippen LogP contribution >= 0.6 is 0 Å². The number of hydrogen-bond donors (Lipinski definition) is 1. The Bertz CT molecular complexity index is 260. The van der Waals surface area contributed by atoms with E-state index >= 15 is 0 Å². The van der Waals surface area contributed by atoms with Gasteiger partial charge in [-0.15, -0.1) is 0 Å². The second kappa shape index (κ2) is 2.76. The maximum atomic E-state index is 10.9. The van der Waals surface area contributed by atoms with Crippen molar-refractivity contribution in [3.8, 4) is 0 Å². The molecule has 0 saturated carbocycles. The first-order valence-electron chi connectivity index (χ1n) is 4.35. The predicted octanol–water partition coefficient (Wildman–Crippen LogP) is 2.04. The first-order valence-corrected chi connectivity index (χ1v) is 4.35. The lowest BCUT2D eigenvalue weighted by Gasteiger charge is -2.18. The summed E-state index contributed by atoms with van der Waals surface area (Å²) in [7, 11) is 0. The topological polar surface area (TPSA) is 46.5 Å². The molecule has 0 aliphatic carbocycles. The fourth-order valence-electron chi connectivity index (χ4n) is 1.16. The van der Waals surface area contributed by atoms with Crippen LogP contribution in [0.25, 0.3) is 0 Å². The van der Waals surface area contributed by atoms with Gasteiger partial charge in [0.25, 0.3) is 0 Å². The van der Waals surface area contributed by atoms with Crippen molar-refractivity contribution in [1.82, 2.24) is 0 Å². The van der Waals surface area contributed by atoms with Crippen LogP contribution in [0.1, 0.15) is 27.7 Å². The Kier molecular flexibility index (Phi) is 2.14. The van der Waals surface area contributed by atoms with E-state index in [9.17, 15) is 4.79 Å². The third kappa shape index (κ3) is 1.85. The number of carbonyl (C=O) groups is 1. The third-order valence-corrected chi connectivity index (χ3v) is 2.20. The van der Waals surface area contributed by atoms with Gasteiger partial charge in [-0.05, 0) is 13.0 Å². The number of ether oxygens (including phenoxy) is 1. The molecule has 1 aliphatic heterocycles. The number of aliphatic carboxylic acids is 1. The Morgan fingerprint density at radius 1 is 1.62 bits per heavy atom. The molecule has 3 heteroatoms. The molecule has 1 aliphatic rings. The maximum Gasteiger partial charge on any atom is 0.316 e. The van der Waals surface area contributed by atoms with Crippen LogP contribution in [-0.2, 0) is 9.53 Å². The molecule has 74 valence electrons. The summed E-state index contributed by atoms with van der Waals surface area (Å²) >= 11 is 0. The molecule has 0 saturated heterocycles. The molecule has 1 heterocycles. The molecule has 0 aromatic rings. The minimum atomic E-state index is -0.845. The van der Waals surface area contributed by atoms with E-state index < -0.39 is 11.4 Å². The molecule has 3 nitrogen and oxygen atoms in total. The normalized spacial score (nSPS) is 28.2. The molecule has 0 fully saturated rings. The molecule has 0 radical (unpaired) electrons. The van der Waals surface area contributed by atoms with Gasteiger partial charge in [-0.3, -0.25) is 4.79 Å². The molecule has 0 bridgehead atoms. The highest BCUT2D eigenvalue weighted by Crippen LogP contribution is 2.37. The average Bonchev–Trinajstić information content (AvgIpc) is 2.31. The van der Waals surface area contributed by atoms with Crippen molar-refractivity contribution in [3.05, 3.63) is 11.8 Å². The Labute approximate surface area is 78.4 Å². The summed E-state index contributed by atoms with van der Waals surface area (Å²) in [5, 5.41) is 8.93. The van der Waals surface area contributed by atoms with E-state index in [1.54, 1.807) is 13.0 Å². The summed E-state index contributed by atoms with van der Waals surface area (Å²) in [6.07, 6.45) is 1.72. The zero-order valence-electron chi connectivity index (χ0n) is 8.55. The van der Waals surface area contributed by atoms with Crippen LogP contribution < -0.4 is 0 Å². The van der Waals surface area contributed by atoms with E-state index in [4.69, 9.17) is 9.84 Å². The van der Waals surface area contributed by atoms with Gasteiger partial charge in [-0.1, -0.05) is 20.8 Å². The Balaban J connectivity index is 2.92. The number of carboxylic acids is 1. The van der Waals surface area contributed by atoms with E-state index in [1.165, 1.54) is 0 Å². The maximum absolute atomic E-state index is 10.9. The quantitative estimate of drug-likeness (QED) is 0.678. The summed E-state index contributed by atoms with van der Waals surface area (Å²) in [6, 6.07) is 0. The second-order valence-corrected chi connectivity index (χ2v) is 4.77. The van der Waals surface area contributed by atoms with Crippen molar-refractivity contribution in [3.63, 3.8) is 0 Å². The van der Waals surface area contributed by atoms with Crippen molar-refractivity contribution in [2.45, 2.75) is 27.7 Å². The van der Waals surface area contributed by atoms with Crippen LogP contribution in [0.3, 0.4) is 0 Å². The van der Waals surface area contributed by atoms with Gasteiger partial charge in [0.05, 0.1) is 5.76 Å². The van der Waals surface area contributed by atoms with Gasteiger partial charge in [-0.2, -0.15) is 0 Å². The van der Waals surface area contributed by atoms with Crippen LogP contribution in [-0.4, -0.2) is 17.7 Å². The highest BCUT2D eigenvalue weighted by atomic mass is 16.5. The van der Waals surface area contributed by atoms with Crippen LogP contribution in [0, 0.1) is 10.8 Å². The number of hydrogen-bond acceptors (Lipinski definition) is 2. The van der Waals surface area contributed by atoms with Gasteiger partial charge in [-0.25, -0.2) is 0 Å². The Morgan fingerprint density at radius 3 is 2.38 bits per heavy atom. The summed E-state index contributed by atoms with van der Waals surface area (Å²) < 4.78 is 5.37. The van der Waals surface area contributed by atoms with E-state index in [0.717, 1.165) is 5.76 Å². The largest absolute Gasteiger partial charge is 0.496 e. The Hall–Kier alpha value is -0.990. The molecule has 1 atom stereocenters. The highest BCUT2D eigenvalue weighted by Gasteiger charge is 2.40. The second-order valence-electron chi connectivity index (χ2n) is 4.77. The molecular weight excluding hydrogens is 168 g/mol. The lowest BCUT2D eigenvalue weighted by atomic mass is 9.87. The van der Waals surface area contributed by atoms with Crippen molar-refractivity contribution in [2.24, 2.45) is 10.8 Å². The van der Waals surface area contributed by atoms with Gasteiger partial charge in [0.1, 0.15) is 12.0 Å². The van der Waals surface area contributed by atoms with Gasteiger partial charge in [0.15, 0.2) is 0 Å².